The third-order valence-electron chi connectivity index (χ3n) is 1.93. The second-order valence-electron chi connectivity index (χ2n) is 3.17. The van der Waals surface area contributed by atoms with Crippen LogP contribution in [-0.4, -0.2) is 15.9 Å². The van der Waals surface area contributed by atoms with Crippen LogP contribution in [0.25, 0.3) is 0 Å². The van der Waals surface area contributed by atoms with E-state index < -0.39 is 11.7 Å². The molecule has 0 fully saturated rings. The first-order valence-corrected chi connectivity index (χ1v) is 5.08. The molecule has 17 heavy (non-hydrogen) atoms. The monoisotopic (exact) mass is 251 g/mol. The van der Waals surface area contributed by atoms with Gasteiger partial charge in [0.2, 0.25) is 5.95 Å². The molecule has 6 heteroatoms. The molecule has 0 aliphatic heterocycles. The van der Waals surface area contributed by atoms with Gasteiger partial charge in [-0.05, 0) is 24.3 Å². The van der Waals surface area contributed by atoms with Crippen LogP contribution in [0.15, 0.2) is 36.5 Å². The molecule has 1 aromatic heterocycles. The van der Waals surface area contributed by atoms with E-state index in [1.165, 1.54) is 30.5 Å². The standard InChI is InChI=1S/C11H7ClFN3O/c12-9-4-5-14-11(15-9)16-10(17)7-2-1-3-8(13)6-7/h1-6H,(H,14,15,16,17). The molecule has 0 aliphatic rings. The Morgan fingerprint density at radius 2 is 2.18 bits per heavy atom. The Balaban J connectivity index is 2.17. The quantitative estimate of drug-likeness (QED) is 0.835. The lowest BCUT2D eigenvalue weighted by atomic mass is 10.2. The molecule has 0 aliphatic carbocycles. The normalized spacial score (nSPS) is 10.0. The van der Waals surface area contributed by atoms with E-state index in [0.29, 0.717) is 0 Å². The molecule has 1 aromatic carbocycles. The van der Waals surface area contributed by atoms with Crippen molar-refractivity contribution in [2.75, 3.05) is 5.32 Å². The topological polar surface area (TPSA) is 54.9 Å². The highest BCUT2D eigenvalue weighted by molar-refractivity contribution is 6.29. The van der Waals surface area contributed by atoms with Crippen molar-refractivity contribution >= 4 is 23.5 Å². The molecular weight excluding hydrogens is 245 g/mol. The molecule has 86 valence electrons. The fraction of sp³-hybridized carbons (Fsp3) is 0. The van der Waals surface area contributed by atoms with Crippen LogP contribution in [0.2, 0.25) is 5.15 Å². The zero-order valence-electron chi connectivity index (χ0n) is 8.52. The molecule has 0 bridgehead atoms. The van der Waals surface area contributed by atoms with Gasteiger partial charge in [-0.2, -0.15) is 0 Å². The third-order valence-corrected chi connectivity index (χ3v) is 2.14. The molecule has 1 heterocycles. The summed E-state index contributed by atoms with van der Waals surface area (Å²) in [6.07, 6.45) is 1.41. The molecule has 1 amide bonds. The molecule has 0 saturated carbocycles. The fourth-order valence-corrected chi connectivity index (χ4v) is 1.34. The molecular formula is C11H7ClFN3O. The molecule has 0 spiro atoms. The maximum atomic E-state index is 12.9. The van der Waals surface area contributed by atoms with Gasteiger partial charge in [0.1, 0.15) is 11.0 Å². The van der Waals surface area contributed by atoms with E-state index in [-0.39, 0.29) is 16.7 Å². The summed E-state index contributed by atoms with van der Waals surface area (Å²) in [5.74, 6) is -0.900. The van der Waals surface area contributed by atoms with E-state index in [1.807, 2.05) is 0 Å². The lowest BCUT2D eigenvalue weighted by Crippen LogP contribution is -2.14. The Kier molecular flexibility index (Phi) is 3.30. The van der Waals surface area contributed by atoms with E-state index >= 15 is 0 Å². The van der Waals surface area contributed by atoms with Crippen molar-refractivity contribution in [2.24, 2.45) is 0 Å². The van der Waals surface area contributed by atoms with Crippen LogP contribution in [0, 0.1) is 5.82 Å². The van der Waals surface area contributed by atoms with E-state index in [9.17, 15) is 9.18 Å². The maximum Gasteiger partial charge on any atom is 0.258 e. The Hall–Kier alpha value is -2.01. The predicted molar refractivity (Wildman–Crippen MR) is 61.4 cm³/mol. The van der Waals surface area contributed by atoms with Crippen LogP contribution >= 0.6 is 11.6 Å². The lowest BCUT2D eigenvalue weighted by Gasteiger charge is -2.03. The Morgan fingerprint density at radius 3 is 2.88 bits per heavy atom. The first-order valence-electron chi connectivity index (χ1n) is 4.70. The number of rotatable bonds is 2. The summed E-state index contributed by atoms with van der Waals surface area (Å²) in [5.41, 5.74) is 0.188. The molecule has 0 atom stereocenters. The first-order chi connectivity index (χ1) is 8.15. The van der Waals surface area contributed by atoms with Gasteiger partial charge in [0.15, 0.2) is 0 Å². The van der Waals surface area contributed by atoms with Gasteiger partial charge < -0.3 is 0 Å². The van der Waals surface area contributed by atoms with Gasteiger partial charge in [-0.1, -0.05) is 17.7 Å². The smallest absolute Gasteiger partial charge is 0.258 e. The van der Waals surface area contributed by atoms with Crippen LogP contribution in [-0.2, 0) is 0 Å². The zero-order valence-corrected chi connectivity index (χ0v) is 9.28. The lowest BCUT2D eigenvalue weighted by molar-refractivity contribution is 0.102. The third kappa shape index (κ3) is 2.98. The molecule has 4 nitrogen and oxygen atoms in total. The number of amides is 1. The average Bonchev–Trinajstić information content (AvgIpc) is 2.29. The summed E-state index contributed by atoms with van der Waals surface area (Å²) in [7, 11) is 0. The first kappa shape index (κ1) is 11.5. The highest BCUT2D eigenvalue weighted by Gasteiger charge is 2.08. The van der Waals surface area contributed by atoms with Crippen LogP contribution in [0.1, 0.15) is 10.4 Å². The number of carbonyl (C=O) groups is 1. The number of nitrogens with zero attached hydrogens (tertiary/aromatic N) is 2. The summed E-state index contributed by atoms with van der Waals surface area (Å²) in [6.45, 7) is 0. The summed E-state index contributed by atoms with van der Waals surface area (Å²) in [4.78, 5) is 19.3. The predicted octanol–water partition coefficient (Wildman–Crippen LogP) is 2.52. The van der Waals surface area contributed by atoms with Gasteiger partial charge in [0, 0.05) is 11.8 Å². The number of hydrogen-bond donors (Lipinski definition) is 1. The number of aromatic nitrogens is 2. The van der Waals surface area contributed by atoms with E-state index in [4.69, 9.17) is 11.6 Å². The number of nitrogens with one attached hydrogen (secondary N) is 1. The number of carbonyl (C=O) groups excluding carboxylic acids is 1. The maximum absolute atomic E-state index is 12.9. The minimum atomic E-state index is -0.494. The van der Waals surface area contributed by atoms with Crippen molar-refractivity contribution in [1.29, 1.82) is 0 Å². The Labute approximate surface area is 101 Å². The number of benzene rings is 1. The van der Waals surface area contributed by atoms with Gasteiger partial charge >= 0.3 is 0 Å². The van der Waals surface area contributed by atoms with Crippen LogP contribution in [0.4, 0.5) is 10.3 Å². The number of anilines is 1. The highest BCUT2D eigenvalue weighted by atomic mass is 35.5. The average molecular weight is 252 g/mol. The van der Waals surface area contributed by atoms with Crippen LogP contribution in [0.3, 0.4) is 0 Å². The second kappa shape index (κ2) is 4.88. The van der Waals surface area contributed by atoms with Gasteiger partial charge in [0.05, 0.1) is 0 Å². The van der Waals surface area contributed by atoms with Gasteiger partial charge in [0.25, 0.3) is 5.91 Å². The summed E-state index contributed by atoms with van der Waals surface area (Å²) < 4.78 is 12.9. The van der Waals surface area contributed by atoms with Gasteiger partial charge in [-0.25, -0.2) is 14.4 Å². The zero-order chi connectivity index (χ0) is 12.3. The molecule has 1 N–H and O–H groups in total. The largest absolute Gasteiger partial charge is 0.290 e. The highest BCUT2D eigenvalue weighted by Crippen LogP contribution is 2.09. The summed E-state index contributed by atoms with van der Waals surface area (Å²) >= 11 is 5.64. The molecule has 0 unspecified atom stereocenters. The minimum absolute atomic E-state index is 0.0757. The number of halogens is 2. The molecule has 2 rings (SSSR count). The molecule has 2 aromatic rings. The molecule has 0 radical (unpaired) electrons. The fourth-order valence-electron chi connectivity index (χ4n) is 1.20. The van der Waals surface area contributed by atoms with Crippen molar-refractivity contribution in [1.82, 2.24) is 9.97 Å². The van der Waals surface area contributed by atoms with Crippen LogP contribution in [0.5, 0.6) is 0 Å². The second-order valence-corrected chi connectivity index (χ2v) is 3.55. The Bertz CT molecular complexity index is 562. The van der Waals surface area contributed by atoms with Gasteiger partial charge in [-0.3, -0.25) is 10.1 Å². The van der Waals surface area contributed by atoms with Crippen molar-refractivity contribution in [3.8, 4) is 0 Å². The Morgan fingerprint density at radius 1 is 1.35 bits per heavy atom. The summed E-state index contributed by atoms with van der Waals surface area (Å²) in [6, 6.07) is 6.80. The van der Waals surface area contributed by atoms with E-state index in [2.05, 4.69) is 15.3 Å². The van der Waals surface area contributed by atoms with Crippen molar-refractivity contribution in [3.63, 3.8) is 0 Å². The number of hydrogen-bond acceptors (Lipinski definition) is 3. The summed E-state index contributed by atoms with van der Waals surface area (Å²) in [5, 5.41) is 2.63. The molecule has 0 saturated heterocycles. The SMILES string of the molecule is O=C(Nc1nccc(Cl)n1)c1cccc(F)c1. The van der Waals surface area contributed by atoms with Crippen molar-refractivity contribution in [3.05, 3.63) is 53.1 Å². The van der Waals surface area contributed by atoms with Gasteiger partial charge in [-0.15, -0.1) is 0 Å². The minimum Gasteiger partial charge on any atom is -0.290 e. The van der Waals surface area contributed by atoms with E-state index in [0.717, 1.165) is 6.07 Å². The van der Waals surface area contributed by atoms with Crippen molar-refractivity contribution < 1.29 is 9.18 Å². The van der Waals surface area contributed by atoms with Crippen molar-refractivity contribution in [2.45, 2.75) is 0 Å². The van der Waals surface area contributed by atoms with E-state index in [1.54, 1.807) is 0 Å². The van der Waals surface area contributed by atoms with Crippen LogP contribution < -0.4 is 5.32 Å².